The SMILES string of the molecule is Cc1cc([N+](=O)[O-])c(C)c2nn(-c3ccccc3)nc12. The molecule has 0 saturated carbocycles. The lowest BCUT2D eigenvalue weighted by molar-refractivity contribution is -0.385. The van der Waals surface area contributed by atoms with Crippen molar-refractivity contribution in [2.75, 3.05) is 0 Å². The number of nitro groups is 1. The first kappa shape index (κ1) is 12.3. The Morgan fingerprint density at radius 3 is 2.40 bits per heavy atom. The Labute approximate surface area is 114 Å². The van der Waals surface area contributed by atoms with Crippen molar-refractivity contribution in [2.45, 2.75) is 13.8 Å². The van der Waals surface area contributed by atoms with E-state index in [0.717, 1.165) is 11.3 Å². The van der Waals surface area contributed by atoms with Crippen LogP contribution in [0.1, 0.15) is 11.1 Å². The fraction of sp³-hybridized carbons (Fsp3) is 0.143. The van der Waals surface area contributed by atoms with Gasteiger partial charge in [-0.05, 0) is 31.5 Å². The van der Waals surface area contributed by atoms with E-state index in [1.54, 1.807) is 19.9 Å². The highest BCUT2D eigenvalue weighted by molar-refractivity contribution is 5.84. The highest BCUT2D eigenvalue weighted by Crippen LogP contribution is 2.28. The monoisotopic (exact) mass is 268 g/mol. The highest BCUT2D eigenvalue weighted by atomic mass is 16.6. The Hall–Kier alpha value is -2.76. The largest absolute Gasteiger partial charge is 0.274 e. The van der Waals surface area contributed by atoms with Gasteiger partial charge in [0.15, 0.2) is 0 Å². The quantitative estimate of drug-likeness (QED) is 0.529. The van der Waals surface area contributed by atoms with Crippen molar-refractivity contribution in [1.29, 1.82) is 0 Å². The number of aryl methyl sites for hydroxylation is 2. The first-order chi connectivity index (χ1) is 9.58. The van der Waals surface area contributed by atoms with Gasteiger partial charge in [-0.15, -0.1) is 10.2 Å². The van der Waals surface area contributed by atoms with Crippen LogP contribution in [-0.2, 0) is 0 Å². The van der Waals surface area contributed by atoms with Crippen molar-refractivity contribution in [3.05, 3.63) is 57.6 Å². The van der Waals surface area contributed by atoms with Crippen LogP contribution in [0, 0.1) is 24.0 Å². The number of fused-ring (bicyclic) bond motifs is 1. The van der Waals surface area contributed by atoms with Gasteiger partial charge in [0.25, 0.3) is 5.69 Å². The Morgan fingerprint density at radius 1 is 1.10 bits per heavy atom. The fourth-order valence-electron chi connectivity index (χ4n) is 2.19. The average molecular weight is 268 g/mol. The summed E-state index contributed by atoms with van der Waals surface area (Å²) in [6, 6.07) is 11.0. The predicted molar refractivity (Wildman–Crippen MR) is 75.0 cm³/mol. The molecule has 0 amide bonds. The van der Waals surface area contributed by atoms with Crippen LogP contribution in [0.5, 0.6) is 0 Å². The van der Waals surface area contributed by atoms with Crippen LogP contribution in [0.4, 0.5) is 5.69 Å². The molecule has 3 rings (SSSR count). The molecule has 1 heterocycles. The lowest BCUT2D eigenvalue weighted by Crippen LogP contribution is -1.97. The summed E-state index contributed by atoms with van der Waals surface area (Å²) in [5.41, 5.74) is 3.45. The molecule has 1 aromatic heterocycles. The van der Waals surface area contributed by atoms with E-state index in [4.69, 9.17) is 0 Å². The summed E-state index contributed by atoms with van der Waals surface area (Å²) in [6.07, 6.45) is 0. The number of para-hydroxylation sites is 1. The van der Waals surface area contributed by atoms with E-state index in [9.17, 15) is 10.1 Å². The third-order valence-electron chi connectivity index (χ3n) is 3.26. The van der Waals surface area contributed by atoms with Crippen LogP contribution in [0.3, 0.4) is 0 Å². The van der Waals surface area contributed by atoms with Gasteiger partial charge >= 0.3 is 0 Å². The first-order valence-electron chi connectivity index (χ1n) is 6.15. The number of benzene rings is 2. The van der Waals surface area contributed by atoms with E-state index in [1.807, 2.05) is 30.3 Å². The molecule has 20 heavy (non-hydrogen) atoms. The molecule has 0 radical (unpaired) electrons. The smallest absolute Gasteiger partial charge is 0.258 e. The minimum absolute atomic E-state index is 0.0788. The summed E-state index contributed by atoms with van der Waals surface area (Å²) in [5.74, 6) is 0. The molecule has 0 bridgehead atoms. The minimum Gasteiger partial charge on any atom is -0.258 e. The number of nitrogens with zero attached hydrogens (tertiary/aromatic N) is 4. The van der Waals surface area contributed by atoms with Gasteiger partial charge in [0.2, 0.25) is 0 Å². The summed E-state index contributed by atoms with van der Waals surface area (Å²) in [7, 11) is 0. The predicted octanol–water partition coefficient (Wildman–Crippen LogP) is 2.95. The van der Waals surface area contributed by atoms with E-state index in [2.05, 4.69) is 10.2 Å². The second-order valence-corrected chi connectivity index (χ2v) is 4.62. The van der Waals surface area contributed by atoms with Crippen LogP contribution >= 0.6 is 0 Å². The third-order valence-corrected chi connectivity index (χ3v) is 3.26. The Balaban J connectivity index is 2.29. The standard InChI is InChI=1S/C14H12N4O2/c1-9-8-12(18(19)20)10(2)14-13(9)15-17(16-14)11-6-4-3-5-7-11/h3-8H,1-2H3. The number of hydrogen-bond acceptors (Lipinski definition) is 4. The van der Waals surface area contributed by atoms with E-state index >= 15 is 0 Å². The van der Waals surface area contributed by atoms with Gasteiger partial charge in [0, 0.05) is 6.07 Å². The van der Waals surface area contributed by atoms with Crippen molar-refractivity contribution in [3.63, 3.8) is 0 Å². The molecular weight excluding hydrogens is 256 g/mol. The summed E-state index contributed by atoms with van der Waals surface area (Å²) in [4.78, 5) is 12.2. The normalized spacial score (nSPS) is 10.9. The van der Waals surface area contributed by atoms with Gasteiger partial charge in [-0.25, -0.2) is 0 Å². The summed E-state index contributed by atoms with van der Waals surface area (Å²) < 4.78 is 0. The number of hydrogen-bond donors (Lipinski definition) is 0. The van der Waals surface area contributed by atoms with E-state index in [1.165, 1.54) is 4.80 Å². The number of nitro benzene ring substituents is 1. The van der Waals surface area contributed by atoms with Gasteiger partial charge in [0.05, 0.1) is 16.2 Å². The van der Waals surface area contributed by atoms with Crippen LogP contribution in [0.15, 0.2) is 36.4 Å². The maximum absolute atomic E-state index is 11.0. The zero-order valence-corrected chi connectivity index (χ0v) is 11.1. The first-order valence-corrected chi connectivity index (χ1v) is 6.15. The zero-order chi connectivity index (χ0) is 14.3. The van der Waals surface area contributed by atoms with E-state index in [-0.39, 0.29) is 10.6 Å². The van der Waals surface area contributed by atoms with Crippen molar-refractivity contribution in [1.82, 2.24) is 15.0 Å². The molecule has 0 N–H and O–H groups in total. The number of rotatable bonds is 2. The van der Waals surface area contributed by atoms with Gasteiger partial charge in [0.1, 0.15) is 11.0 Å². The van der Waals surface area contributed by atoms with Crippen molar-refractivity contribution >= 4 is 16.7 Å². The van der Waals surface area contributed by atoms with Crippen molar-refractivity contribution in [3.8, 4) is 5.69 Å². The van der Waals surface area contributed by atoms with Crippen molar-refractivity contribution in [2.24, 2.45) is 0 Å². The number of aromatic nitrogens is 3. The lowest BCUT2D eigenvalue weighted by atomic mass is 10.1. The van der Waals surface area contributed by atoms with Crippen molar-refractivity contribution < 1.29 is 4.92 Å². The lowest BCUT2D eigenvalue weighted by Gasteiger charge is -1.99. The van der Waals surface area contributed by atoms with Crippen LogP contribution in [0.25, 0.3) is 16.7 Å². The molecule has 6 nitrogen and oxygen atoms in total. The topological polar surface area (TPSA) is 73.8 Å². The van der Waals surface area contributed by atoms with Crippen LogP contribution < -0.4 is 0 Å². The molecule has 0 aliphatic rings. The summed E-state index contributed by atoms with van der Waals surface area (Å²) >= 11 is 0. The molecule has 0 unspecified atom stereocenters. The maximum Gasteiger partial charge on any atom is 0.274 e. The van der Waals surface area contributed by atoms with Crippen LogP contribution in [-0.4, -0.2) is 19.9 Å². The second kappa shape index (κ2) is 4.41. The average Bonchev–Trinajstić information content (AvgIpc) is 2.89. The second-order valence-electron chi connectivity index (χ2n) is 4.62. The van der Waals surface area contributed by atoms with E-state index in [0.29, 0.717) is 16.6 Å². The molecule has 0 aliphatic carbocycles. The Morgan fingerprint density at radius 2 is 1.75 bits per heavy atom. The zero-order valence-electron chi connectivity index (χ0n) is 11.1. The Kier molecular flexibility index (Phi) is 2.71. The van der Waals surface area contributed by atoms with Gasteiger partial charge < -0.3 is 0 Å². The molecule has 0 spiro atoms. The Bertz CT molecular complexity index is 809. The van der Waals surface area contributed by atoms with Crippen LogP contribution in [0.2, 0.25) is 0 Å². The summed E-state index contributed by atoms with van der Waals surface area (Å²) in [6.45, 7) is 3.50. The van der Waals surface area contributed by atoms with Gasteiger partial charge in [-0.2, -0.15) is 4.80 Å². The maximum atomic E-state index is 11.0. The van der Waals surface area contributed by atoms with Gasteiger partial charge in [-0.1, -0.05) is 18.2 Å². The molecule has 0 saturated heterocycles. The molecule has 0 aliphatic heterocycles. The highest BCUT2D eigenvalue weighted by Gasteiger charge is 2.19. The molecular formula is C14H12N4O2. The molecule has 6 heteroatoms. The third kappa shape index (κ3) is 1.82. The minimum atomic E-state index is -0.386. The molecule has 0 atom stereocenters. The summed E-state index contributed by atoms with van der Waals surface area (Å²) in [5, 5.41) is 19.9. The van der Waals surface area contributed by atoms with Gasteiger partial charge in [-0.3, -0.25) is 10.1 Å². The molecule has 2 aromatic carbocycles. The molecule has 3 aromatic rings. The molecule has 100 valence electrons. The fourth-order valence-corrected chi connectivity index (χ4v) is 2.19. The molecule has 0 fully saturated rings. The van der Waals surface area contributed by atoms with E-state index < -0.39 is 0 Å².